The van der Waals surface area contributed by atoms with Gasteiger partial charge in [-0.2, -0.15) is 13.2 Å². The molecule has 8 nitrogen and oxygen atoms in total. The summed E-state index contributed by atoms with van der Waals surface area (Å²) >= 11 is 0. The summed E-state index contributed by atoms with van der Waals surface area (Å²) in [4.78, 5) is 47.0. The fourth-order valence-corrected chi connectivity index (χ4v) is 7.25. The Labute approximate surface area is 283 Å². The van der Waals surface area contributed by atoms with Crippen LogP contribution < -0.4 is 10.1 Å². The van der Waals surface area contributed by atoms with Gasteiger partial charge in [-0.15, -0.1) is 0 Å². The van der Waals surface area contributed by atoms with Crippen LogP contribution >= 0.6 is 0 Å². The zero-order valence-electron chi connectivity index (χ0n) is 29.0. The summed E-state index contributed by atoms with van der Waals surface area (Å²) in [7, 11) is 0. The van der Waals surface area contributed by atoms with Crippen LogP contribution in [0.2, 0.25) is 0 Å². The molecule has 5 rings (SSSR count). The minimum atomic E-state index is -4.69. The molecule has 2 amide bonds. The van der Waals surface area contributed by atoms with Crippen LogP contribution in [0.3, 0.4) is 0 Å². The Hall–Kier alpha value is -3.51. The number of aromatic nitrogens is 1. The Balaban J connectivity index is 1.64. The normalized spacial score (nSPS) is 29.7. The minimum Gasteiger partial charge on any atom is -0.472 e. The lowest BCUT2D eigenvalue weighted by Gasteiger charge is -2.36. The van der Waals surface area contributed by atoms with Crippen molar-refractivity contribution in [3.8, 4) is 5.88 Å². The molecule has 0 spiro atoms. The average Bonchev–Trinajstić information content (AvgIpc) is 3.48. The van der Waals surface area contributed by atoms with Crippen LogP contribution in [0.25, 0.3) is 10.9 Å². The molecular weight excluding hydrogens is 649 g/mol. The van der Waals surface area contributed by atoms with Crippen molar-refractivity contribution in [1.82, 2.24) is 15.2 Å². The van der Waals surface area contributed by atoms with Crippen LogP contribution in [0.1, 0.15) is 98.1 Å². The van der Waals surface area contributed by atoms with Gasteiger partial charge in [0.05, 0.1) is 29.2 Å². The summed E-state index contributed by atoms with van der Waals surface area (Å²) in [5.74, 6) is -6.04. The molecule has 13 heteroatoms. The van der Waals surface area contributed by atoms with E-state index in [-0.39, 0.29) is 35.6 Å². The largest absolute Gasteiger partial charge is 0.472 e. The first-order valence-electron chi connectivity index (χ1n) is 17.1. The summed E-state index contributed by atoms with van der Waals surface area (Å²) in [5, 5.41) is 2.85. The number of Topliss-reactive ketones (excluding diaryl/α,β-unsaturated/α-hetero) is 1. The number of hydrogen-bond donors (Lipinski definition) is 1. The van der Waals surface area contributed by atoms with Gasteiger partial charge in [0.25, 0.3) is 5.92 Å². The number of nitrogens with zero attached hydrogens (tertiary/aromatic N) is 2. The third-order valence-corrected chi connectivity index (χ3v) is 10.3. The number of hydrogen-bond acceptors (Lipinski definition) is 6. The van der Waals surface area contributed by atoms with Crippen molar-refractivity contribution in [1.29, 1.82) is 0 Å². The molecule has 2 fully saturated rings. The predicted octanol–water partition coefficient (Wildman–Crippen LogP) is 8.05. The number of alkyl halides is 5. The first-order valence-corrected chi connectivity index (χ1v) is 17.1. The van der Waals surface area contributed by atoms with Crippen molar-refractivity contribution < 1.29 is 45.8 Å². The molecular formula is C36H46F5N3O5. The second-order valence-electron chi connectivity index (χ2n) is 15.5. The van der Waals surface area contributed by atoms with Gasteiger partial charge in [-0.1, -0.05) is 54.0 Å². The summed E-state index contributed by atoms with van der Waals surface area (Å²) in [6.45, 7) is 12.1. The van der Waals surface area contributed by atoms with Gasteiger partial charge in [-0.3, -0.25) is 9.59 Å². The Bertz CT molecular complexity index is 1610. The second-order valence-corrected chi connectivity index (χ2v) is 15.5. The quantitative estimate of drug-likeness (QED) is 0.327. The lowest BCUT2D eigenvalue weighted by atomic mass is 9.84. The Morgan fingerprint density at radius 3 is 2.43 bits per heavy atom. The maximum absolute atomic E-state index is 16.1. The van der Waals surface area contributed by atoms with Crippen molar-refractivity contribution in [2.45, 2.75) is 123 Å². The maximum atomic E-state index is 16.1. The average molecular weight is 696 g/mol. The zero-order valence-corrected chi connectivity index (χ0v) is 29.0. The molecule has 1 aromatic carbocycles. The SMILES string of the molecule is CCC1C2CN(C(=O)C(C(C)(C)C)NC(=O)OC3(C)CC3CCCCC(F)(F)c3cc4ccc(C(F)(F)F)cc4nc3O2)C1C(=O)C(C)C. The maximum Gasteiger partial charge on any atom is 0.416 e. The number of benzene rings is 1. The zero-order chi connectivity index (χ0) is 36.3. The van der Waals surface area contributed by atoms with E-state index in [1.165, 1.54) is 4.90 Å². The number of ether oxygens (including phenoxy) is 2. The smallest absolute Gasteiger partial charge is 0.416 e. The van der Waals surface area contributed by atoms with E-state index in [1.54, 1.807) is 48.5 Å². The topological polar surface area (TPSA) is 97.8 Å². The van der Waals surface area contributed by atoms with Crippen molar-refractivity contribution in [2.24, 2.45) is 23.2 Å². The highest BCUT2D eigenvalue weighted by Gasteiger charge is 2.55. The number of pyridine rings is 1. The molecule has 3 aliphatic rings. The molecule has 1 N–H and O–H groups in total. The molecule has 3 heterocycles. The van der Waals surface area contributed by atoms with E-state index >= 15 is 8.78 Å². The highest BCUT2D eigenvalue weighted by Crippen LogP contribution is 2.50. The van der Waals surface area contributed by atoms with Crippen LogP contribution in [-0.4, -0.2) is 58.0 Å². The minimum absolute atomic E-state index is 0.0451. The molecule has 2 aliphatic heterocycles. The number of nitrogens with one attached hydrogen (secondary N) is 1. The molecule has 6 unspecified atom stereocenters. The molecule has 49 heavy (non-hydrogen) atoms. The summed E-state index contributed by atoms with van der Waals surface area (Å²) in [6, 6.07) is 1.73. The standard InChI is InChI=1S/C36H46F5N3O5/c1-8-23-26-18-44(27(23)28(45)19(2)3)31(46)29(33(4,5)6)43-32(47)49-34(7)17-22(34)11-9-10-14-35(37,38)24-15-20-12-13-21(36(39,40)41)16-25(20)42-30(24)48-26/h12-13,15-16,19,22-23,26-27,29H,8-11,14,17-18H2,1-7H3,(H,43,47). The Kier molecular flexibility index (Phi) is 9.74. The lowest BCUT2D eigenvalue weighted by Crippen LogP contribution is -2.58. The number of amides is 2. The van der Waals surface area contributed by atoms with Gasteiger partial charge in [0, 0.05) is 29.6 Å². The highest BCUT2D eigenvalue weighted by atomic mass is 19.4. The number of rotatable bonds is 3. The molecule has 1 aliphatic carbocycles. The fourth-order valence-electron chi connectivity index (χ4n) is 7.25. The van der Waals surface area contributed by atoms with Gasteiger partial charge in [-0.25, -0.2) is 18.6 Å². The van der Waals surface area contributed by atoms with E-state index < -0.39 is 88.6 Å². The van der Waals surface area contributed by atoms with Crippen LogP contribution in [0.15, 0.2) is 24.3 Å². The van der Waals surface area contributed by atoms with E-state index in [0.717, 1.165) is 24.3 Å². The summed E-state index contributed by atoms with van der Waals surface area (Å²) in [5.41, 5.74) is -3.35. The van der Waals surface area contributed by atoms with E-state index in [1.807, 2.05) is 0 Å². The first-order chi connectivity index (χ1) is 22.7. The van der Waals surface area contributed by atoms with Crippen molar-refractivity contribution in [3.05, 3.63) is 35.4 Å². The van der Waals surface area contributed by atoms with E-state index in [9.17, 15) is 27.6 Å². The number of ketones is 1. The van der Waals surface area contributed by atoms with Gasteiger partial charge >= 0.3 is 12.3 Å². The summed E-state index contributed by atoms with van der Waals surface area (Å²) < 4.78 is 85.2. The number of alkyl carbamates (subject to hydrolysis) is 1. The molecule has 270 valence electrons. The first kappa shape index (κ1) is 36.8. The molecule has 1 saturated carbocycles. The predicted molar refractivity (Wildman–Crippen MR) is 172 cm³/mol. The Morgan fingerprint density at radius 2 is 1.82 bits per heavy atom. The van der Waals surface area contributed by atoms with Gasteiger partial charge in [0.2, 0.25) is 11.8 Å². The molecule has 1 saturated heterocycles. The van der Waals surface area contributed by atoms with Gasteiger partial charge in [-0.05, 0) is 56.2 Å². The van der Waals surface area contributed by atoms with E-state index in [0.29, 0.717) is 25.7 Å². The van der Waals surface area contributed by atoms with Crippen molar-refractivity contribution >= 4 is 28.7 Å². The molecule has 1 aromatic heterocycles. The van der Waals surface area contributed by atoms with Gasteiger partial charge < -0.3 is 19.7 Å². The van der Waals surface area contributed by atoms with Crippen LogP contribution in [0, 0.1) is 23.2 Å². The number of carbonyl (C=O) groups excluding carboxylic acids is 3. The third kappa shape index (κ3) is 7.50. The second kappa shape index (κ2) is 13.0. The molecule has 6 atom stereocenters. The number of fused-ring (bicyclic) bond motifs is 5. The number of halogens is 5. The monoisotopic (exact) mass is 695 g/mol. The van der Waals surface area contributed by atoms with Crippen LogP contribution in [-0.2, 0) is 26.4 Å². The van der Waals surface area contributed by atoms with Gasteiger partial charge in [0.15, 0.2) is 5.78 Å². The van der Waals surface area contributed by atoms with Crippen molar-refractivity contribution in [3.63, 3.8) is 0 Å². The van der Waals surface area contributed by atoms with Crippen LogP contribution in [0.5, 0.6) is 5.88 Å². The molecule has 0 radical (unpaired) electrons. The molecule has 2 aromatic rings. The highest BCUT2D eigenvalue weighted by molar-refractivity contribution is 5.94. The molecule has 2 bridgehead atoms. The van der Waals surface area contributed by atoms with Crippen molar-refractivity contribution in [2.75, 3.05) is 6.54 Å². The van der Waals surface area contributed by atoms with Gasteiger partial charge in [0.1, 0.15) is 17.7 Å². The van der Waals surface area contributed by atoms with E-state index in [2.05, 4.69) is 10.3 Å². The lowest BCUT2D eigenvalue weighted by molar-refractivity contribution is -0.143. The van der Waals surface area contributed by atoms with Crippen LogP contribution in [0.4, 0.5) is 26.7 Å². The summed E-state index contributed by atoms with van der Waals surface area (Å²) in [6.07, 6.45) is -5.11. The Morgan fingerprint density at radius 1 is 1.12 bits per heavy atom. The van der Waals surface area contributed by atoms with E-state index in [4.69, 9.17) is 9.47 Å². The number of carbonyl (C=O) groups is 3. The fraction of sp³-hybridized carbons (Fsp3) is 0.667. The third-order valence-electron chi connectivity index (χ3n) is 10.3.